The minimum atomic E-state index is 0.556. The number of hydrogen-bond donors (Lipinski definition) is 1. The van der Waals surface area contributed by atoms with Crippen LogP contribution in [-0.2, 0) is 0 Å². The fraction of sp³-hybridized carbons (Fsp3) is 1.00. The quantitative estimate of drug-likeness (QED) is 0.646. The highest BCUT2D eigenvalue weighted by atomic mass is 14.7. The van der Waals surface area contributed by atoms with Crippen LogP contribution in [0.4, 0.5) is 0 Å². The van der Waals surface area contributed by atoms with E-state index >= 15 is 0 Å². The van der Waals surface area contributed by atoms with Crippen LogP contribution < -0.4 is 5.73 Å². The van der Waals surface area contributed by atoms with E-state index in [1.807, 2.05) is 0 Å². The summed E-state index contributed by atoms with van der Waals surface area (Å²) in [6.07, 6.45) is 7.04. The zero-order valence-electron chi connectivity index (χ0n) is 7.42. The van der Waals surface area contributed by atoms with Crippen molar-refractivity contribution in [1.82, 2.24) is 0 Å². The van der Waals surface area contributed by atoms with Gasteiger partial charge in [0.25, 0.3) is 0 Å². The standard InChI is InChI=1S/C10H19N/c1-7-2-3-9(6-7)10(11)8-4-5-8/h7-10H,2-6,11H2,1H3. The third-order valence-electron chi connectivity index (χ3n) is 3.45. The van der Waals surface area contributed by atoms with Gasteiger partial charge >= 0.3 is 0 Å². The molecule has 0 aromatic rings. The number of hydrogen-bond acceptors (Lipinski definition) is 1. The van der Waals surface area contributed by atoms with E-state index < -0.39 is 0 Å². The van der Waals surface area contributed by atoms with Crippen molar-refractivity contribution in [2.45, 2.75) is 45.1 Å². The minimum absolute atomic E-state index is 0.556. The molecule has 3 atom stereocenters. The molecule has 0 aromatic carbocycles. The normalized spacial score (nSPS) is 40.9. The maximum absolute atomic E-state index is 6.15. The van der Waals surface area contributed by atoms with E-state index in [0.717, 1.165) is 17.8 Å². The minimum Gasteiger partial charge on any atom is -0.327 e. The molecule has 0 radical (unpaired) electrons. The van der Waals surface area contributed by atoms with Gasteiger partial charge in [-0.2, -0.15) is 0 Å². The SMILES string of the molecule is CC1CCC(C(N)C2CC2)C1. The third-order valence-corrected chi connectivity index (χ3v) is 3.45. The molecule has 0 bridgehead atoms. The average molecular weight is 153 g/mol. The maximum Gasteiger partial charge on any atom is 0.00957 e. The van der Waals surface area contributed by atoms with Gasteiger partial charge in [-0.15, -0.1) is 0 Å². The molecule has 0 amide bonds. The largest absolute Gasteiger partial charge is 0.327 e. The highest BCUT2D eigenvalue weighted by Gasteiger charge is 2.36. The van der Waals surface area contributed by atoms with E-state index in [-0.39, 0.29) is 0 Å². The Morgan fingerprint density at radius 2 is 1.73 bits per heavy atom. The number of rotatable bonds is 2. The molecule has 0 aromatic heterocycles. The molecule has 2 fully saturated rings. The molecule has 2 aliphatic carbocycles. The van der Waals surface area contributed by atoms with Gasteiger partial charge in [0.15, 0.2) is 0 Å². The topological polar surface area (TPSA) is 26.0 Å². The summed E-state index contributed by atoms with van der Waals surface area (Å²) in [6.45, 7) is 2.36. The Hall–Kier alpha value is -0.0400. The summed E-state index contributed by atoms with van der Waals surface area (Å²) in [7, 11) is 0. The molecule has 2 saturated carbocycles. The van der Waals surface area contributed by atoms with E-state index in [4.69, 9.17) is 5.73 Å². The summed E-state index contributed by atoms with van der Waals surface area (Å²) >= 11 is 0. The molecule has 0 aliphatic heterocycles. The van der Waals surface area contributed by atoms with Crippen LogP contribution in [0.25, 0.3) is 0 Å². The summed E-state index contributed by atoms with van der Waals surface area (Å²) < 4.78 is 0. The van der Waals surface area contributed by atoms with Gasteiger partial charge in [-0.3, -0.25) is 0 Å². The van der Waals surface area contributed by atoms with E-state index in [1.165, 1.54) is 32.1 Å². The predicted molar refractivity (Wildman–Crippen MR) is 47.2 cm³/mol. The smallest absolute Gasteiger partial charge is 0.00957 e. The van der Waals surface area contributed by atoms with Crippen molar-refractivity contribution in [3.63, 3.8) is 0 Å². The van der Waals surface area contributed by atoms with Gasteiger partial charge in [0.1, 0.15) is 0 Å². The highest BCUT2D eigenvalue weighted by Crippen LogP contribution is 2.41. The molecule has 2 rings (SSSR count). The highest BCUT2D eigenvalue weighted by molar-refractivity contribution is 4.91. The van der Waals surface area contributed by atoms with Crippen LogP contribution in [0.2, 0.25) is 0 Å². The first-order valence-corrected chi connectivity index (χ1v) is 5.03. The fourth-order valence-corrected chi connectivity index (χ4v) is 2.47. The second kappa shape index (κ2) is 2.78. The Bertz CT molecular complexity index is 140. The van der Waals surface area contributed by atoms with Crippen molar-refractivity contribution in [1.29, 1.82) is 0 Å². The van der Waals surface area contributed by atoms with Gasteiger partial charge < -0.3 is 5.73 Å². The van der Waals surface area contributed by atoms with Crippen LogP contribution in [-0.4, -0.2) is 6.04 Å². The first-order valence-electron chi connectivity index (χ1n) is 5.03. The first kappa shape index (κ1) is 7.60. The Kier molecular flexibility index (Phi) is 1.92. The summed E-state index contributed by atoms with van der Waals surface area (Å²) in [5, 5.41) is 0. The van der Waals surface area contributed by atoms with Gasteiger partial charge in [-0.1, -0.05) is 13.3 Å². The molecule has 0 heterocycles. The van der Waals surface area contributed by atoms with Crippen LogP contribution in [0.15, 0.2) is 0 Å². The Labute approximate surface area is 69.4 Å². The van der Waals surface area contributed by atoms with Crippen molar-refractivity contribution in [3.8, 4) is 0 Å². The second-order valence-corrected chi connectivity index (χ2v) is 4.59. The molecule has 1 nitrogen and oxygen atoms in total. The van der Waals surface area contributed by atoms with Gasteiger partial charge in [-0.25, -0.2) is 0 Å². The van der Waals surface area contributed by atoms with Crippen molar-refractivity contribution < 1.29 is 0 Å². The van der Waals surface area contributed by atoms with Crippen LogP contribution in [0.3, 0.4) is 0 Å². The number of nitrogens with two attached hydrogens (primary N) is 1. The van der Waals surface area contributed by atoms with E-state index in [9.17, 15) is 0 Å². The molecule has 2 N–H and O–H groups in total. The van der Waals surface area contributed by atoms with Gasteiger partial charge in [-0.05, 0) is 43.4 Å². The first-order chi connectivity index (χ1) is 5.27. The maximum atomic E-state index is 6.15. The van der Waals surface area contributed by atoms with E-state index in [2.05, 4.69) is 6.92 Å². The Morgan fingerprint density at radius 3 is 2.18 bits per heavy atom. The molecule has 1 heteroatoms. The average Bonchev–Trinajstić information content (AvgIpc) is 2.74. The van der Waals surface area contributed by atoms with Gasteiger partial charge in [0.05, 0.1) is 0 Å². The lowest BCUT2D eigenvalue weighted by Gasteiger charge is -2.17. The molecule has 11 heavy (non-hydrogen) atoms. The lowest BCUT2D eigenvalue weighted by atomic mass is 9.94. The third kappa shape index (κ3) is 1.58. The van der Waals surface area contributed by atoms with E-state index in [1.54, 1.807) is 0 Å². The summed E-state index contributed by atoms with van der Waals surface area (Å²) in [5.74, 6) is 2.73. The molecule has 2 aliphatic rings. The second-order valence-electron chi connectivity index (χ2n) is 4.59. The van der Waals surface area contributed by atoms with Crippen molar-refractivity contribution >= 4 is 0 Å². The molecule has 0 spiro atoms. The van der Waals surface area contributed by atoms with Crippen molar-refractivity contribution in [3.05, 3.63) is 0 Å². The fourth-order valence-electron chi connectivity index (χ4n) is 2.47. The van der Waals surface area contributed by atoms with Crippen LogP contribution in [0, 0.1) is 17.8 Å². The molecular formula is C10H19N. The lowest BCUT2D eigenvalue weighted by Crippen LogP contribution is -2.30. The monoisotopic (exact) mass is 153 g/mol. The Morgan fingerprint density at radius 1 is 1.09 bits per heavy atom. The Balaban J connectivity index is 1.84. The van der Waals surface area contributed by atoms with E-state index in [0.29, 0.717) is 6.04 Å². The summed E-state index contributed by atoms with van der Waals surface area (Å²) in [4.78, 5) is 0. The zero-order valence-corrected chi connectivity index (χ0v) is 7.42. The van der Waals surface area contributed by atoms with Crippen molar-refractivity contribution in [2.24, 2.45) is 23.5 Å². The van der Waals surface area contributed by atoms with Gasteiger partial charge in [0.2, 0.25) is 0 Å². The zero-order chi connectivity index (χ0) is 7.84. The van der Waals surface area contributed by atoms with Crippen LogP contribution in [0.1, 0.15) is 39.0 Å². The van der Waals surface area contributed by atoms with Crippen molar-refractivity contribution in [2.75, 3.05) is 0 Å². The molecular weight excluding hydrogens is 134 g/mol. The lowest BCUT2D eigenvalue weighted by molar-refractivity contribution is 0.384. The van der Waals surface area contributed by atoms with Crippen LogP contribution >= 0.6 is 0 Å². The summed E-state index contributed by atoms with van der Waals surface area (Å²) in [5.41, 5.74) is 6.15. The molecule has 3 unspecified atom stereocenters. The summed E-state index contributed by atoms with van der Waals surface area (Å²) in [6, 6.07) is 0.556. The molecule has 0 saturated heterocycles. The molecule has 64 valence electrons. The van der Waals surface area contributed by atoms with Crippen LogP contribution in [0.5, 0.6) is 0 Å². The predicted octanol–water partition coefficient (Wildman–Crippen LogP) is 2.16. The van der Waals surface area contributed by atoms with Gasteiger partial charge in [0, 0.05) is 6.04 Å².